The molecule has 1 N–H and O–H groups in total. The summed E-state index contributed by atoms with van der Waals surface area (Å²) in [6.07, 6.45) is 3.66. The van der Waals surface area contributed by atoms with Crippen molar-refractivity contribution in [2.24, 2.45) is 0 Å². The van der Waals surface area contributed by atoms with E-state index in [1.807, 2.05) is 20.8 Å². The Morgan fingerprint density at radius 3 is 0.878 bits per heavy atom. The lowest BCUT2D eigenvalue weighted by molar-refractivity contribution is -0.119. The van der Waals surface area contributed by atoms with E-state index in [2.05, 4.69) is 5.32 Å². The van der Waals surface area contributed by atoms with E-state index < -0.39 is 0 Å². The fourth-order valence-electron chi connectivity index (χ4n) is 3.26. The first-order valence-electron chi connectivity index (χ1n) is 17.5. The van der Waals surface area contributed by atoms with Crippen LogP contribution in [0, 0.1) is 0 Å². The SMILES string of the molecule is C/C=C\C(=O)CCOCCOCCOCCOCCOCCOCCOCCOCCOCCOCCOCCOCCNC(C)=O.CC.[HH]. The Balaban J connectivity index is -0.00000722. The van der Waals surface area contributed by atoms with Crippen LogP contribution in [0.2, 0.25) is 0 Å². The van der Waals surface area contributed by atoms with Crippen molar-refractivity contribution in [1.29, 1.82) is 0 Å². The summed E-state index contributed by atoms with van der Waals surface area (Å²) in [5, 5.41) is 2.66. The number of hydrogen-bond acceptors (Lipinski definition) is 14. The highest BCUT2D eigenvalue weighted by atomic mass is 16.6. The van der Waals surface area contributed by atoms with E-state index in [-0.39, 0.29) is 13.1 Å². The van der Waals surface area contributed by atoms with Crippen molar-refractivity contribution in [3.63, 3.8) is 0 Å². The number of ether oxygens (including phenoxy) is 12. The van der Waals surface area contributed by atoms with Gasteiger partial charge in [0.25, 0.3) is 0 Å². The third-order valence-corrected chi connectivity index (χ3v) is 5.56. The fraction of sp³-hybridized carbons (Fsp3) is 0.882. The molecule has 0 aromatic heterocycles. The molecule has 0 fully saturated rings. The Labute approximate surface area is 296 Å². The van der Waals surface area contributed by atoms with Gasteiger partial charge < -0.3 is 62.2 Å². The Kier molecular flexibility index (Phi) is 46.9. The molecule has 0 aliphatic carbocycles. The number of rotatable bonds is 40. The summed E-state index contributed by atoms with van der Waals surface area (Å²) in [4.78, 5) is 22.0. The predicted molar refractivity (Wildman–Crippen MR) is 186 cm³/mol. The molecule has 0 aliphatic rings. The van der Waals surface area contributed by atoms with Crippen LogP contribution in [-0.4, -0.2) is 177 Å². The molecule has 0 saturated carbocycles. The topological polar surface area (TPSA) is 157 Å². The van der Waals surface area contributed by atoms with Gasteiger partial charge in [0.1, 0.15) is 0 Å². The molecule has 0 radical (unpaired) electrons. The zero-order valence-electron chi connectivity index (χ0n) is 30.8. The number of carbonyl (C=O) groups is 2. The van der Waals surface area contributed by atoms with Crippen LogP contribution >= 0.6 is 0 Å². The first kappa shape index (κ1) is 49.5. The van der Waals surface area contributed by atoms with E-state index in [4.69, 9.17) is 56.8 Å². The zero-order chi connectivity index (χ0) is 36.1. The summed E-state index contributed by atoms with van der Waals surface area (Å²) in [6, 6.07) is 0. The van der Waals surface area contributed by atoms with Crippen molar-refractivity contribution in [1.82, 2.24) is 5.32 Å². The number of amides is 1. The van der Waals surface area contributed by atoms with Crippen LogP contribution in [-0.2, 0) is 66.4 Å². The van der Waals surface area contributed by atoms with E-state index in [1.165, 1.54) is 6.92 Å². The zero-order valence-corrected chi connectivity index (χ0v) is 30.8. The molecule has 49 heavy (non-hydrogen) atoms. The third kappa shape index (κ3) is 48.6. The minimum atomic E-state index is -0.0642. The van der Waals surface area contributed by atoms with E-state index in [0.717, 1.165) is 0 Å². The largest absolute Gasteiger partial charge is 0.379 e. The molecular weight excluding hydrogens is 646 g/mol. The lowest BCUT2D eigenvalue weighted by Gasteiger charge is -2.09. The molecule has 0 atom stereocenters. The van der Waals surface area contributed by atoms with Crippen LogP contribution in [0.1, 0.15) is 35.5 Å². The summed E-state index contributed by atoms with van der Waals surface area (Å²) in [5.74, 6) is 0.00132. The monoisotopic (exact) mass is 715 g/mol. The van der Waals surface area contributed by atoms with Crippen LogP contribution in [0.25, 0.3) is 0 Å². The van der Waals surface area contributed by atoms with Gasteiger partial charge in [0.05, 0.1) is 159 Å². The van der Waals surface area contributed by atoms with E-state index in [1.54, 1.807) is 12.2 Å². The van der Waals surface area contributed by atoms with Gasteiger partial charge in [-0.25, -0.2) is 0 Å². The molecule has 0 aromatic carbocycles. The van der Waals surface area contributed by atoms with Crippen LogP contribution < -0.4 is 5.32 Å². The molecule has 0 spiro atoms. The molecule has 15 heteroatoms. The highest BCUT2D eigenvalue weighted by Crippen LogP contribution is 1.90. The number of carbonyl (C=O) groups excluding carboxylic acids is 2. The van der Waals surface area contributed by atoms with Gasteiger partial charge in [-0.3, -0.25) is 9.59 Å². The minimum Gasteiger partial charge on any atom is -0.379 e. The average molecular weight is 716 g/mol. The molecule has 0 aromatic rings. The predicted octanol–water partition coefficient (Wildman–Crippen LogP) is 2.13. The lowest BCUT2D eigenvalue weighted by atomic mass is 10.3. The standard InChI is InChI=1S/C32H61NO14.C2H6.H2/c1-3-4-32(35)5-7-36-9-11-38-13-15-40-17-19-42-21-23-44-25-27-46-29-30-47-28-26-45-24-22-43-20-18-41-16-14-39-12-10-37-8-6-33-31(2)34;1-2;/h3-4H,5-30H2,1-2H3,(H,33,34);1-2H3;1H/b4-3-;;. The van der Waals surface area contributed by atoms with Crippen molar-refractivity contribution >= 4 is 11.7 Å². The van der Waals surface area contributed by atoms with Gasteiger partial charge in [0, 0.05) is 21.3 Å². The van der Waals surface area contributed by atoms with Crippen molar-refractivity contribution in [3.8, 4) is 0 Å². The van der Waals surface area contributed by atoms with Gasteiger partial charge in [0.2, 0.25) is 5.91 Å². The van der Waals surface area contributed by atoms with Crippen molar-refractivity contribution in [2.75, 3.05) is 165 Å². The number of ketones is 1. The normalized spacial score (nSPS) is 11.2. The third-order valence-electron chi connectivity index (χ3n) is 5.56. The Bertz CT molecular complexity index is 694. The highest BCUT2D eigenvalue weighted by Gasteiger charge is 1.98. The van der Waals surface area contributed by atoms with Gasteiger partial charge in [-0.05, 0) is 13.0 Å². The van der Waals surface area contributed by atoms with Gasteiger partial charge >= 0.3 is 0 Å². The first-order valence-corrected chi connectivity index (χ1v) is 17.5. The summed E-state index contributed by atoms with van der Waals surface area (Å²) >= 11 is 0. The van der Waals surface area contributed by atoms with Crippen molar-refractivity contribution < 1.29 is 67.9 Å². The second-order valence-electron chi connectivity index (χ2n) is 9.55. The van der Waals surface area contributed by atoms with Crippen LogP contribution in [0.15, 0.2) is 12.2 Å². The molecule has 0 rings (SSSR count). The maximum Gasteiger partial charge on any atom is 0.216 e. The van der Waals surface area contributed by atoms with Crippen LogP contribution in [0.3, 0.4) is 0 Å². The molecule has 0 saturated heterocycles. The molecule has 0 aliphatic heterocycles. The number of hydrogen-bond donors (Lipinski definition) is 1. The van der Waals surface area contributed by atoms with Gasteiger partial charge in [-0.2, -0.15) is 0 Å². The minimum absolute atomic E-state index is 0. The first-order chi connectivity index (χ1) is 24.2. The smallest absolute Gasteiger partial charge is 0.216 e. The Morgan fingerprint density at radius 2 is 0.653 bits per heavy atom. The molecule has 0 heterocycles. The maximum atomic E-state index is 11.3. The van der Waals surface area contributed by atoms with Crippen LogP contribution in [0.5, 0.6) is 0 Å². The summed E-state index contributed by atoms with van der Waals surface area (Å²) < 4.78 is 65.1. The van der Waals surface area contributed by atoms with Gasteiger partial charge in [-0.15, -0.1) is 0 Å². The second kappa shape index (κ2) is 46.4. The summed E-state index contributed by atoms with van der Waals surface area (Å²) in [6.45, 7) is 19.4. The summed E-state index contributed by atoms with van der Waals surface area (Å²) in [7, 11) is 0. The molecule has 0 unspecified atom stereocenters. The Morgan fingerprint density at radius 1 is 0.429 bits per heavy atom. The quantitative estimate of drug-likeness (QED) is 0.0727. The number of nitrogens with one attached hydrogen (secondary N) is 1. The molecular formula is C34H69NO14. The average Bonchev–Trinajstić information content (AvgIpc) is 3.10. The fourth-order valence-corrected chi connectivity index (χ4v) is 3.26. The molecule has 0 bridgehead atoms. The number of allylic oxidation sites excluding steroid dienone is 2. The van der Waals surface area contributed by atoms with E-state index in [9.17, 15) is 9.59 Å². The van der Waals surface area contributed by atoms with E-state index in [0.29, 0.717) is 172 Å². The molecule has 15 nitrogen and oxygen atoms in total. The van der Waals surface area contributed by atoms with Crippen molar-refractivity contribution in [3.05, 3.63) is 12.2 Å². The van der Waals surface area contributed by atoms with E-state index >= 15 is 0 Å². The van der Waals surface area contributed by atoms with Gasteiger partial charge in [0.15, 0.2) is 5.78 Å². The highest BCUT2D eigenvalue weighted by molar-refractivity contribution is 5.89. The lowest BCUT2D eigenvalue weighted by Crippen LogP contribution is -2.25. The molecule has 294 valence electrons. The van der Waals surface area contributed by atoms with Crippen LogP contribution in [0.4, 0.5) is 0 Å². The maximum absolute atomic E-state index is 11.3. The second-order valence-corrected chi connectivity index (χ2v) is 9.55. The van der Waals surface area contributed by atoms with Gasteiger partial charge in [-0.1, -0.05) is 19.9 Å². The summed E-state index contributed by atoms with van der Waals surface area (Å²) in [5.41, 5.74) is 0. The Hall–Kier alpha value is -1.60. The molecule has 1 amide bonds. The van der Waals surface area contributed by atoms with Crippen molar-refractivity contribution in [2.45, 2.75) is 34.1 Å².